The van der Waals surface area contributed by atoms with Crippen LogP contribution in [0.15, 0.2) is 0 Å². The molecule has 1 N–H and O–H groups in total. The summed E-state index contributed by atoms with van der Waals surface area (Å²) in [7, 11) is 0. The van der Waals surface area contributed by atoms with E-state index in [0.29, 0.717) is 0 Å². The molecule has 0 bridgehead atoms. The molecule has 0 unspecified atom stereocenters. The van der Waals surface area contributed by atoms with Gasteiger partial charge in [-0.25, -0.2) is 0 Å². The molecule has 88 valence electrons. The highest BCUT2D eigenvalue weighted by Gasteiger charge is 2.18. The predicted molar refractivity (Wildman–Crippen MR) is 69.6 cm³/mol. The van der Waals surface area contributed by atoms with E-state index >= 15 is 0 Å². The standard InChI is InChI=1S/C13H25NS/c1-2-4-6-12(7-5-3-1)14-13-8-10-15-11-9-13/h12-14H,1-11H2. The molecule has 0 radical (unpaired) electrons. The van der Waals surface area contributed by atoms with Crippen LogP contribution < -0.4 is 5.32 Å². The van der Waals surface area contributed by atoms with Crippen LogP contribution in [0.25, 0.3) is 0 Å². The smallest absolute Gasteiger partial charge is 0.00853 e. The molecular formula is C13H25NS. The molecule has 1 heterocycles. The van der Waals surface area contributed by atoms with Crippen molar-refractivity contribution in [2.24, 2.45) is 0 Å². The van der Waals surface area contributed by atoms with Crippen molar-refractivity contribution in [3.63, 3.8) is 0 Å². The van der Waals surface area contributed by atoms with Crippen LogP contribution in [0.2, 0.25) is 0 Å². The first kappa shape index (κ1) is 11.8. The van der Waals surface area contributed by atoms with Gasteiger partial charge in [0.15, 0.2) is 0 Å². The van der Waals surface area contributed by atoms with Gasteiger partial charge in [-0.1, -0.05) is 32.1 Å². The molecule has 0 amide bonds. The van der Waals surface area contributed by atoms with Crippen molar-refractivity contribution in [1.29, 1.82) is 0 Å². The van der Waals surface area contributed by atoms with E-state index in [2.05, 4.69) is 17.1 Å². The molecule has 2 aliphatic rings. The minimum Gasteiger partial charge on any atom is -0.311 e. The molecular weight excluding hydrogens is 202 g/mol. The summed E-state index contributed by atoms with van der Waals surface area (Å²) in [5.74, 6) is 2.76. The van der Waals surface area contributed by atoms with Gasteiger partial charge in [0.1, 0.15) is 0 Å². The fourth-order valence-corrected chi connectivity index (χ4v) is 3.93. The maximum absolute atomic E-state index is 3.91. The largest absolute Gasteiger partial charge is 0.311 e. The molecule has 2 heteroatoms. The number of hydrogen-bond acceptors (Lipinski definition) is 2. The first-order valence-electron chi connectivity index (χ1n) is 6.79. The summed E-state index contributed by atoms with van der Waals surface area (Å²) in [4.78, 5) is 0. The summed E-state index contributed by atoms with van der Waals surface area (Å²) in [6.45, 7) is 0. The molecule has 2 rings (SSSR count). The van der Waals surface area contributed by atoms with Crippen molar-refractivity contribution < 1.29 is 0 Å². The zero-order valence-electron chi connectivity index (χ0n) is 9.84. The van der Waals surface area contributed by atoms with Crippen LogP contribution in [0.1, 0.15) is 57.8 Å². The van der Waals surface area contributed by atoms with E-state index < -0.39 is 0 Å². The average molecular weight is 227 g/mol. The summed E-state index contributed by atoms with van der Waals surface area (Å²) >= 11 is 2.13. The lowest BCUT2D eigenvalue weighted by Crippen LogP contribution is -2.40. The van der Waals surface area contributed by atoms with Gasteiger partial charge in [-0.3, -0.25) is 0 Å². The molecule has 0 spiro atoms. The van der Waals surface area contributed by atoms with Crippen molar-refractivity contribution in [1.82, 2.24) is 5.32 Å². The maximum Gasteiger partial charge on any atom is 0.00853 e. The summed E-state index contributed by atoms with van der Waals surface area (Å²) in [6, 6.07) is 1.69. The summed E-state index contributed by atoms with van der Waals surface area (Å²) in [5, 5.41) is 3.91. The van der Waals surface area contributed by atoms with Gasteiger partial charge < -0.3 is 5.32 Å². The van der Waals surface area contributed by atoms with Crippen molar-refractivity contribution in [3.8, 4) is 0 Å². The van der Waals surface area contributed by atoms with Gasteiger partial charge in [-0.05, 0) is 37.2 Å². The number of nitrogens with one attached hydrogen (secondary N) is 1. The number of thioether (sulfide) groups is 1. The third kappa shape index (κ3) is 4.36. The van der Waals surface area contributed by atoms with Crippen LogP contribution in [0.3, 0.4) is 0 Å². The molecule has 0 aromatic rings. The Balaban J connectivity index is 1.70. The van der Waals surface area contributed by atoms with Gasteiger partial charge in [0.05, 0.1) is 0 Å². The molecule has 2 fully saturated rings. The van der Waals surface area contributed by atoms with E-state index in [9.17, 15) is 0 Å². The van der Waals surface area contributed by atoms with Gasteiger partial charge in [0.25, 0.3) is 0 Å². The van der Waals surface area contributed by atoms with Crippen molar-refractivity contribution in [2.75, 3.05) is 11.5 Å². The highest BCUT2D eigenvalue weighted by molar-refractivity contribution is 7.99. The number of rotatable bonds is 2. The molecule has 1 nitrogen and oxygen atoms in total. The Hall–Kier alpha value is 0.310. The zero-order chi connectivity index (χ0) is 10.3. The van der Waals surface area contributed by atoms with Gasteiger partial charge in [-0.2, -0.15) is 11.8 Å². The van der Waals surface area contributed by atoms with Crippen molar-refractivity contribution in [3.05, 3.63) is 0 Å². The molecule has 15 heavy (non-hydrogen) atoms. The summed E-state index contributed by atoms with van der Waals surface area (Å²) in [5.41, 5.74) is 0. The maximum atomic E-state index is 3.91. The molecule has 1 aliphatic carbocycles. The van der Waals surface area contributed by atoms with E-state index in [1.54, 1.807) is 0 Å². The molecule has 0 aromatic heterocycles. The van der Waals surface area contributed by atoms with Gasteiger partial charge in [0, 0.05) is 12.1 Å². The van der Waals surface area contributed by atoms with Gasteiger partial charge in [0.2, 0.25) is 0 Å². The third-order valence-corrected chi connectivity index (χ3v) is 4.85. The Bertz CT molecular complexity index is 158. The fraction of sp³-hybridized carbons (Fsp3) is 1.00. The lowest BCUT2D eigenvalue weighted by Gasteiger charge is -2.29. The molecule has 0 atom stereocenters. The Morgan fingerprint density at radius 1 is 0.667 bits per heavy atom. The minimum absolute atomic E-state index is 0.843. The predicted octanol–water partition coefficient (Wildman–Crippen LogP) is 3.58. The Morgan fingerprint density at radius 3 is 1.87 bits per heavy atom. The van der Waals surface area contributed by atoms with Gasteiger partial charge in [-0.15, -0.1) is 0 Å². The molecule has 1 saturated heterocycles. The van der Waals surface area contributed by atoms with Crippen LogP contribution in [-0.2, 0) is 0 Å². The highest BCUT2D eigenvalue weighted by atomic mass is 32.2. The zero-order valence-corrected chi connectivity index (χ0v) is 10.7. The first-order valence-corrected chi connectivity index (χ1v) is 7.94. The van der Waals surface area contributed by atoms with E-state index in [-0.39, 0.29) is 0 Å². The highest BCUT2D eigenvalue weighted by Crippen LogP contribution is 2.21. The summed E-state index contributed by atoms with van der Waals surface area (Å²) in [6.07, 6.45) is 13.0. The second kappa shape index (κ2) is 6.80. The quantitative estimate of drug-likeness (QED) is 0.774. The lowest BCUT2D eigenvalue weighted by atomic mass is 9.95. The molecule has 1 saturated carbocycles. The minimum atomic E-state index is 0.843. The fourth-order valence-electron chi connectivity index (χ4n) is 2.82. The topological polar surface area (TPSA) is 12.0 Å². The van der Waals surface area contributed by atoms with Crippen LogP contribution in [0.5, 0.6) is 0 Å². The van der Waals surface area contributed by atoms with Crippen LogP contribution >= 0.6 is 11.8 Å². The molecule has 1 aliphatic heterocycles. The van der Waals surface area contributed by atoms with E-state index in [1.807, 2.05) is 0 Å². The number of hydrogen-bond donors (Lipinski definition) is 1. The lowest BCUT2D eigenvalue weighted by molar-refractivity contribution is 0.340. The van der Waals surface area contributed by atoms with Crippen LogP contribution in [-0.4, -0.2) is 23.6 Å². The Morgan fingerprint density at radius 2 is 1.20 bits per heavy atom. The first-order chi connectivity index (χ1) is 7.45. The second-order valence-corrected chi connectivity index (χ2v) is 6.32. The second-order valence-electron chi connectivity index (χ2n) is 5.10. The van der Waals surface area contributed by atoms with E-state index in [0.717, 1.165) is 12.1 Å². The average Bonchev–Trinajstić information content (AvgIpc) is 2.23. The van der Waals surface area contributed by atoms with Crippen LogP contribution in [0.4, 0.5) is 0 Å². The Labute approximate surface area is 98.8 Å². The van der Waals surface area contributed by atoms with Gasteiger partial charge >= 0.3 is 0 Å². The summed E-state index contributed by atoms with van der Waals surface area (Å²) < 4.78 is 0. The van der Waals surface area contributed by atoms with Crippen molar-refractivity contribution in [2.45, 2.75) is 69.9 Å². The Kier molecular flexibility index (Phi) is 5.34. The third-order valence-electron chi connectivity index (χ3n) is 3.80. The SMILES string of the molecule is C1CCCC(NC2CCSCC2)CCC1. The molecule has 0 aromatic carbocycles. The monoisotopic (exact) mass is 227 g/mol. The van der Waals surface area contributed by atoms with E-state index in [4.69, 9.17) is 0 Å². The normalized spacial score (nSPS) is 27.2. The van der Waals surface area contributed by atoms with E-state index in [1.165, 1.54) is 69.3 Å². The van der Waals surface area contributed by atoms with Crippen molar-refractivity contribution >= 4 is 11.8 Å². The van der Waals surface area contributed by atoms with Crippen LogP contribution in [0, 0.1) is 0 Å².